The summed E-state index contributed by atoms with van der Waals surface area (Å²) in [5.41, 5.74) is 2.33. The van der Waals surface area contributed by atoms with Crippen molar-refractivity contribution >= 4 is 5.82 Å². The van der Waals surface area contributed by atoms with Crippen LogP contribution in [-0.4, -0.2) is 90.0 Å². The Bertz CT molecular complexity index is 573. The fraction of sp³-hybridized carbons (Fsp3) is 0.778. The second kappa shape index (κ2) is 7.95. The van der Waals surface area contributed by atoms with E-state index in [1.807, 2.05) is 19.0 Å². The van der Waals surface area contributed by atoms with Gasteiger partial charge < -0.3 is 14.7 Å². The van der Waals surface area contributed by atoms with Gasteiger partial charge in [0.2, 0.25) is 0 Å². The molecule has 7 heteroatoms. The molecule has 0 unspecified atom stereocenters. The van der Waals surface area contributed by atoms with Crippen molar-refractivity contribution in [3.63, 3.8) is 0 Å². The predicted octanol–water partition coefficient (Wildman–Crippen LogP) is 0.371. The zero-order chi connectivity index (χ0) is 18.0. The first-order valence-corrected chi connectivity index (χ1v) is 9.20. The summed E-state index contributed by atoms with van der Waals surface area (Å²) in [5.74, 6) is 0.986. The highest BCUT2D eigenvalue weighted by molar-refractivity contribution is 5.48. The largest absolute Gasteiger partial charge is 0.390 e. The zero-order valence-corrected chi connectivity index (χ0v) is 15.9. The Kier molecular flexibility index (Phi) is 5.89. The summed E-state index contributed by atoms with van der Waals surface area (Å²) < 4.78 is 5.77. The lowest BCUT2D eigenvalue weighted by Crippen LogP contribution is -2.50. The summed E-state index contributed by atoms with van der Waals surface area (Å²) in [4.78, 5) is 15.5. The highest BCUT2D eigenvalue weighted by atomic mass is 16.5. The van der Waals surface area contributed by atoms with E-state index in [9.17, 15) is 5.11 Å². The molecule has 1 aromatic heterocycles. The van der Waals surface area contributed by atoms with Gasteiger partial charge in [-0.05, 0) is 13.8 Å². The van der Waals surface area contributed by atoms with Crippen LogP contribution in [0.2, 0.25) is 0 Å². The van der Waals surface area contributed by atoms with Crippen molar-refractivity contribution in [2.45, 2.75) is 45.1 Å². The predicted molar refractivity (Wildman–Crippen MR) is 97.8 cm³/mol. The monoisotopic (exact) mass is 349 g/mol. The van der Waals surface area contributed by atoms with Gasteiger partial charge in [-0.25, -0.2) is 9.97 Å². The Labute approximate surface area is 150 Å². The Morgan fingerprint density at radius 3 is 2.56 bits per heavy atom. The normalized spacial score (nSPS) is 26.3. The van der Waals surface area contributed by atoms with Crippen LogP contribution in [-0.2, 0) is 17.7 Å². The molecule has 3 heterocycles. The molecule has 140 valence electrons. The average molecular weight is 349 g/mol. The molecule has 0 radical (unpaired) electrons. The Hall–Kier alpha value is -1.28. The molecule has 0 aliphatic carbocycles. The maximum atomic E-state index is 10.6. The molecule has 3 atom stereocenters. The Morgan fingerprint density at radius 1 is 1.20 bits per heavy atom. The molecule has 3 rings (SSSR count). The van der Waals surface area contributed by atoms with Gasteiger partial charge >= 0.3 is 0 Å². The topological polar surface area (TPSA) is 65.0 Å². The number of rotatable bonds is 5. The fourth-order valence-corrected chi connectivity index (χ4v) is 4.01. The quantitative estimate of drug-likeness (QED) is 0.824. The number of hydrogen-bond acceptors (Lipinski definition) is 7. The van der Waals surface area contributed by atoms with Crippen molar-refractivity contribution < 1.29 is 9.84 Å². The van der Waals surface area contributed by atoms with Crippen LogP contribution in [0.25, 0.3) is 0 Å². The molecule has 0 bridgehead atoms. The van der Waals surface area contributed by atoms with Crippen LogP contribution in [0.3, 0.4) is 0 Å². The smallest absolute Gasteiger partial charge is 0.136 e. The number of fused-ring (bicyclic) bond motifs is 1. The first kappa shape index (κ1) is 18.5. The van der Waals surface area contributed by atoms with Crippen molar-refractivity contribution in [2.75, 3.05) is 51.7 Å². The maximum absolute atomic E-state index is 10.6. The van der Waals surface area contributed by atoms with Crippen molar-refractivity contribution in [1.82, 2.24) is 19.8 Å². The van der Waals surface area contributed by atoms with Gasteiger partial charge in [0.1, 0.15) is 12.1 Å². The van der Waals surface area contributed by atoms with E-state index >= 15 is 0 Å². The summed E-state index contributed by atoms with van der Waals surface area (Å²) >= 11 is 0. The van der Waals surface area contributed by atoms with Crippen molar-refractivity contribution in [2.24, 2.45) is 0 Å². The average Bonchev–Trinajstić information content (AvgIpc) is 2.52. The summed E-state index contributed by atoms with van der Waals surface area (Å²) in [6.45, 7) is 9.10. The number of ether oxygens (including phenoxy) is 1. The second-order valence-electron chi connectivity index (χ2n) is 7.63. The summed E-state index contributed by atoms with van der Waals surface area (Å²) in [6.07, 6.45) is 2.68. The fourth-order valence-electron chi connectivity index (χ4n) is 4.01. The molecule has 1 N–H and O–H groups in total. The van der Waals surface area contributed by atoms with Crippen LogP contribution < -0.4 is 4.90 Å². The molecular formula is C18H31N5O2. The molecule has 0 aromatic carbocycles. The molecule has 7 nitrogen and oxygen atoms in total. The van der Waals surface area contributed by atoms with E-state index in [0.717, 1.165) is 44.1 Å². The van der Waals surface area contributed by atoms with Crippen molar-refractivity contribution in [1.29, 1.82) is 0 Å². The standard InChI is InChI=1S/C18H31N5O2/c1-13-7-23(8-14(2)25-13)10-15(24)9-22-6-5-17-16(11-22)18(21(3)4)20-12-19-17/h12-15,24H,5-11H2,1-4H3/t13-,14-,15+/m1/s1. The van der Waals surface area contributed by atoms with Crippen LogP contribution in [0, 0.1) is 0 Å². The van der Waals surface area contributed by atoms with Crippen LogP contribution in [0.15, 0.2) is 6.33 Å². The minimum atomic E-state index is -0.355. The molecular weight excluding hydrogens is 318 g/mol. The van der Waals surface area contributed by atoms with E-state index in [4.69, 9.17) is 4.74 Å². The highest BCUT2D eigenvalue weighted by Crippen LogP contribution is 2.24. The van der Waals surface area contributed by atoms with Crippen LogP contribution in [0.4, 0.5) is 5.82 Å². The van der Waals surface area contributed by atoms with Gasteiger partial charge in [-0.15, -0.1) is 0 Å². The van der Waals surface area contributed by atoms with Gasteiger partial charge in [0, 0.05) is 65.3 Å². The third-order valence-electron chi connectivity index (χ3n) is 4.92. The lowest BCUT2D eigenvalue weighted by atomic mass is 10.1. The van der Waals surface area contributed by atoms with Crippen molar-refractivity contribution in [3.05, 3.63) is 17.6 Å². The van der Waals surface area contributed by atoms with E-state index in [1.165, 1.54) is 5.56 Å². The highest BCUT2D eigenvalue weighted by Gasteiger charge is 2.26. The number of aliphatic hydroxyl groups excluding tert-OH is 1. The van der Waals surface area contributed by atoms with E-state index in [1.54, 1.807) is 6.33 Å². The summed E-state index contributed by atoms with van der Waals surface area (Å²) in [7, 11) is 4.02. The van der Waals surface area contributed by atoms with E-state index < -0.39 is 0 Å². The summed E-state index contributed by atoms with van der Waals surface area (Å²) in [6, 6.07) is 0. The molecule has 0 amide bonds. The Morgan fingerprint density at radius 2 is 1.88 bits per heavy atom. The van der Waals surface area contributed by atoms with E-state index in [-0.39, 0.29) is 18.3 Å². The van der Waals surface area contributed by atoms with Crippen LogP contribution in [0.5, 0.6) is 0 Å². The van der Waals surface area contributed by atoms with Crippen molar-refractivity contribution in [3.8, 4) is 0 Å². The lowest BCUT2D eigenvalue weighted by Gasteiger charge is -2.37. The third-order valence-corrected chi connectivity index (χ3v) is 4.92. The van der Waals surface area contributed by atoms with Crippen LogP contribution in [0.1, 0.15) is 25.1 Å². The molecule has 0 spiro atoms. The number of hydrogen-bond donors (Lipinski definition) is 1. The molecule has 25 heavy (non-hydrogen) atoms. The SMILES string of the molecule is C[C@@H]1CN(C[C@@H](O)CN2CCc3ncnc(N(C)C)c3C2)C[C@@H](C)O1. The number of anilines is 1. The number of nitrogens with zero attached hydrogens (tertiary/aromatic N) is 5. The molecule has 2 aliphatic heterocycles. The minimum absolute atomic E-state index is 0.234. The lowest BCUT2D eigenvalue weighted by molar-refractivity contribution is -0.0781. The van der Waals surface area contributed by atoms with Gasteiger partial charge in [0.05, 0.1) is 24.0 Å². The molecule has 2 aliphatic rings. The Balaban J connectivity index is 1.57. The summed E-state index contributed by atoms with van der Waals surface area (Å²) in [5, 5.41) is 10.6. The van der Waals surface area contributed by atoms with Gasteiger partial charge in [0.25, 0.3) is 0 Å². The van der Waals surface area contributed by atoms with E-state index in [0.29, 0.717) is 13.1 Å². The minimum Gasteiger partial charge on any atom is -0.390 e. The molecule has 1 fully saturated rings. The number of aliphatic hydroxyl groups is 1. The first-order valence-electron chi connectivity index (χ1n) is 9.20. The van der Waals surface area contributed by atoms with Gasteiger partial charge in [0.15, 0.2) is 0 Å². The zero-order valence-electron chi connectivity index (χ0n) is 15.9. The number of β-amino-alcohol motifs (C(OH)–C–C–N with tert-alkyl or cyclic N) is 1. The third kappa shape index (κ3) is 4.67. The van der Waals surface area contributed by atoms with Crippen LogP contribution >= 0.6 is 0 Å². The van der Waals surface area contributed by atoms with Gasteiger partial charge in [-0.1, -0.05) is 0 Å². The molecule has 1 saturated heterocycles. The first-order chi connectivity index (χ1) is 11.9. The maximum Gasteiger partial charge on any atom is 0.136 e. The van der Waals surface area contributed by atoms with Gasteiger partial charge in [-0.3, -0.25) is 9.80 Å². The second-order valence-corrected chi connectivity index (χ2v) is 7.63. The van der Waals surface area contributed by atoms with E-state index in [2.05, 4.69) is 33.6 Å². The molecule has 1 aromatic rings. The number of aromatic nitrogens is 2. The molecule has 0 saturated carbocycles. The van der Waals surface area contributed by atoms with Gasteiger partial charge in [-0.2, -0.15) is 0 Å². The number of morpholine rings is 1.